The largest absolute Gasteiger partial charge is 0.325 e. The number of hydrogen-bond donors (Lipinski definition) is 1. The molecule has 1 aliphatic rings. The molecule has 0 fully saturated rings. The first-order chi connectivity index (χ1) is 9.28. The van der Waals surface area contributed by atoms with E-state index in [9.17, 15) is 0 Å². The number of nitrogens with two attached hydrogens (primary N) is 1. The van der Waals surface area contributed by atoms with E-state index in [0.717, 1.165) is 34.9 Å². The van der Waals surface area contributed by atoms with Crippen LogP contribution in [0.5, 0.6) is 0 Å². The molecule has 3 nitrogen and oxygen atoms in total. The molecule has 0 bridgehead atoms. The Labute approximate surface area is 117 Å². The molecule has 3 rings (SSSR count). The summed E-state index contributed by atoms with van der Waals surface area (Å²) < 4.78 is 0. The summed E-state index contributed by atoms with van der Waals surface area (Å²) >= 11 is 5.91. The fourth-order valence-corrected chi connectivity index (χ4v) is 2.69. The van der Waals surface area contributed by atoms with Crippen molar-refractivity contribution >= 4 is 11.6 Å². The van der Waals surface area contributed by atoms with Gasteiger partial charge in [0.15, 0.2) is 5.82 Å². The monoisotopic (exact) mass is 273 g/mol. The van der Waals surface area contributed by atoms with E-state index in [1.54, 1.807) is 0 Å². The topological polar surface area (TPSA) is 51.8 Å². The molecular weight excluding hydrogens is 258 g/mol. The van der Waals surface area contributed by atoms with Crippen LogP contribution in [-0.2, 0) is 19.4 Å². The standard InChI is InChI=1S/C15H16ClN3/c16-11-7-5-10(6-8-11)15-18-13-4-2-1-3-12(13)14(9-17)19-15/h5-8H,1-4,9,17H2. The molecule has 1 aromatic carbocycles. The van der Waals surface area contributed by atoms with E-state index < -0.39 is 0 Å². The Morgan fingerprint density at radius 3 is 2.53 bits per heavy atom. The van der Waals surface area contributed by atoms with Crippen molar-refractivity contribution in [3.8, 4) is 11.4 Å². The van der Waals surface area contributed by atoms with Crippen LogP contribution < -0.4 is 5.73 Å². The van der Waals surface area contributed by atoms with E-state index in [-0.39, 0.29) is 0 Å². The van der Waals surface area contributed by atoms with Gasteiger partial charge in [-0.15, -0.1) is 0 Å². The zero-order chi connectivity index (χ0) is 13.2. The van der Waals surface area contributed by atoms with Gasteiger partial charge in [-0.3, -0.25) is 0 Å². The average Bonchev–Trinajstić information content (AvgIpc) is 2.47. The molecule has 19 heavy (non-hydrogen) atoms. The quantitative estimate of drug-likeness (QED) is 0.915. The molecule has 2 aromatic rings. The summed E-state index contributed by atoms with van der Waals surface area (Å²) in [4.78, 5) is 9.34. The molecule has 4 heteroatoms. The van der Waals surface area contributed by atoms with Gasteiger partial charge in [-0.25, -0.2) is 9.97 Å². The molecule has 98 valence electrons. The van der Waals surface area contributed by atoms with Crippen molar-refractivity contribution in [2.24, 2.45) is 5.73 Å². The van der Waals surface area contributed by atoms with E-state index >= 15 is 0 Å². The third-order valence-corrected chi connectivity index (χ3v) is 3.82. The summed E-state index contributed by atoms with van der Waals surface area (Å²) in [5.74, 6) is 0.762. The average molecular weight is 274 g/mol. The molecule has 2 N–H and O–H groups in total. The zero-order valence-electron chi connectivity index (χ0n) is 10.7. The molecule has 1 aliphatic carbocycles. The maximum atomic E-state index is 5.91. The van der Waals surface area contributed by atoms with Crippen molar-refractivity contribution in [3.63, 3.8) is 0 Å². The molecule has 0 amide bonds. The number of rotatable bonds is 2. The number of aryl methyl sites for hydroxylation is 1. The van der Waals surface area contributed by atoms with Crippen molar-refractivity contribution in [1.82, 2.24) is 9.97 Å². The summed E-state index contributed by atoms with van der Waals surface area (Å²) in [6, 6.07) is 7.63. The van der Waals surface area contributed by atoms with Crippen molar-refractivity contribution in [3.05, 3.63) is 46.2 Å². The lowest BCUT2D eigenvalue weighted by molar-refractivity contribution is 0.652. The van der Waals surface area contributed by atoms with Crippen LogP contribution >= 0.6 is 11.6 Å². The second-order valence-corrected chi connectivity index (χ2v) is 5.27. The van der Waals surface area contributed by atoms with Crippen LogP contribution in [0.15, 0.2) is 24.3 Å². The highest BCUT2D eigenvalue weighted by molar-refractivity contribution is 6.30. The molecular formula is C15H16ClN3. The highest BCUT2D eigenvalue weighted by atomic mass is 35.5. The van der Waals surface area contributed by atoms with Crippen LogP contribution in [-0.4, -0.2) is 9.97 Å². The summed E-state index contributed by atoms with van der Waals surface area (Å²) in [6.07, 6.45) is 4.51. The van der Waals surface area contributed by atoms with Gasteiger partial charge in [0.25, 0.3) is 0 Å². The van der Waals surface area contributed by atoms with Crippen molar-refractivity contribution in [1.29, 1.82) is 0 Å². The number of benzene rings is 1. The van der Waals surface area contributed by atoms with Gasteiger partial charge >= 0.3 is 0 Å². The van der Waals surface area contributed by atoms with E-state index in [1.807, 2.05) is 24.3 Å². The molecule has 0 aliphatic heterocycles. The van der Waals surface area contributed by atoms with E-state index in [2.05, 4.69) is 4.98 Å². The second-order valence-electron chi connectivity index (χ2n) is 4.84. The van der Waals surface area contributed by atoms with Crippen LogP contribution in [0.4, 0.5) is 0 Å². The number of hydrogen-bond acceptors (Lipinski definition) is 3. The van der Waals surface area contributed by atoms with Gasteiger partial charge < -0.3 is 5.73 Å². The molecule has 1 aromatic heterocycles. The highest BCUT2D eigenvalue weighted by Crippen LogP contribution is 2.26. The van der Waals surface area contributed by atoms with E-state index in [0.29, 0.717) is 6.54 Å². The SMILES string of the molecule is NCc1nc(-c2ccc(Cl)cc2)nc2c1CCCC2. The minimum absolute atomic E-state index is 0.478. The number of halogens is 1. The summed E-state index contributed by atoms with van der Waals surface area (Å²) in [5.41, 5.74) is 10.3. The zero-order valence-corrected chi connectivity index (χ0v) is 11.5. The van der Waals surface area contributed by atoms with Crippen molar-refractivity contribution in [2.75, 3.05) is 0 Å². The predicted octanol–water partition coefficient (Wildman–Crippen LogP) is 3.13. The van der Waals surface area contributed by atoms with Gasteiger partial charge in [-0.05, 0) is 55.5 Å². The van der Waals surface area contributed by atoms with Crippen LogP contribution in [0, 0.1) is 0 Å². The van der Waals surface area contributed by atoms with Gasteiger partial charge in [0.05, 0.1) is 5.69 Å². The predicted molar refractivity (Wildman–Crippen MR) is 77.0 cm³/mol. The normalized spacial score (nSPS) is 14.2. The molecule has 0 saturated carbocycles. The lowest BCUT2D eigenvalue weighted by Gasteiger charge is -2.18. The lowest BCUT2D eigenvalue weighted by atomic mass is 9.94. The van der Waals surface area contributed by atoms with Gasteiger partial charge in [-0.1, -0.05) is 11.6 Å². The minimum atomic E-state index is 0.478. The molecule has 0 saturated heterocycles. The Balaban J connectivity index is 2.09. The fraction of sp³-hybridized carbons (Fsp3) is 0.333. The Morgan fingerprint density at radius 2 is 1.79 bits per heavy atom. The van der Waals surface area contributed by atoms with Crippen LogP contribution in [0.1, 0.15) is 29.8 Å². The Kier molecular flexibility index (Phi) is 3.49. The van der Waals surface area contributed by atoms with Gasteiger partial charge in [0.1, 0.15) is 0 Å². The third kappa shape index (κ3) is 2.48. The summed E-state index contributed by atoms with van der Waals surface area (Å²) in [5, 5.41) is 0.723. The van der Waals surface area contributed by atoms with Gasteiger partial charge in [0, 0.05) is 22.8 Å². The Morgan fingerprint density at radius 1 is 1.05 bits per heavy atom. The highest BCUT2D eigenvalue weighted by Gasteiger charge is 2.17. The Hall–Kier alpha value is -1.45. The summed E-state index contributed by atoms with van der Waals surface area (Å²) in [6.45, 7) is 0.478. The minimum Gasteiger partial charge on any atom is -0.325 e. The van der Waals surface area contributed by atoms with Crippen molar-refractivity contribution < 1.29 is 0 Å². The molecule has 0 spiro atoms. The number of aromatic nitrogens is 2. The van der Waals surface area contributed by atoms with E-state index in [4.69, 9.17) is 22.3 Å². The van der Waals surface area contributed by atoms with Crippen molar-refractivity contribution in [2.45, 2.75) is 32.2 Å². The van der Waals surface area contributed by atoms with Crippen LogP contribution in [0.25, 0.3) is 11.4 Å². The van der Waals surface area contributed by atoms with Gasteiger partial charge in [-0.2, -0.15) is 0 Å². The van der Waals surface area contributed by atoms with E-state index in [1.165, 1.54) is 24.1 Å². The third-order valence-electron chi connectivity index (χ3n) is 3.56. The second kappa shape index (κ2) is 5.27. The van der Waals surface area contributed by atoms with Crippen LogP contribution in [0.3, 0.4) is 0 Å². The summed E-state index contributed by atoms with van der Waals surface area (Å²) in [7, 11) is 0. The smallest absolute Gasteiger partial charge is 0.159 e. The molecule has 0 atom stereocenters. The number of nitrogens with zero attached hydrogens (tertiary/aromatic N) is 2. The lowest BCUT2D eigenvalue weighted by Crippen LogP contribution is -2.14. The fourth-order valence-electron chi connectivity index (χ4n) is 2.57. The maximum absolute atomic E-state index is 5.91. The van der Waals surface area contributed by atoms with Crippen LogP contribution in [0.2, 0.25) is 5.02 Å². The number of fused-ring (bicyclic) bond motifs is 1. The molecule has 0 radical (unpaired) electrons. The first-order valence-corrected chi connectivity index (χ1v) is 7.00. The maximum Gasteiger partial charge on any atom is 0.159 e. The molecule has 0 unspecified atom stereocenters. The van der Waals surface area contributed by atoms with Gasteiger partial charge in [0.2, 0.25) is 0 Å². The Bertz CT molecular complexity index is 576. The molecule has 1 heterocycles. The first kappa shape index (κ1) is 12.6. The first-order valence-electron chi connectivity index (χ1n) is 6.62.